The van der Waals surface area contributed by atoms with E-state index in [4.69, 9.17) is 23.2 Å². The van der Waals surface area contributed by atoms with E-state index in [9.17, 15) is 18.0 Å². The zero-order valence-corrected chi connectivity index (χ0v) is 10.2. The summed E-state index contributed by atoms with van der Waals surface area (Å²) in [7, 11) is 0. The van der Waals surface area contributed by atoms with Gasteiger partial charge in [0.2, 0.25) is 0 Å². The molecule has 0 aliphatic rings. The van der Waals surface area contributed by atoms with E-state index in [1.54, 1.807) is 0 Å². The quantitative estimate of drug-likeness (QED) is 0.745. The summed E-state index contributed by atoms with van der Waals surface area (Å²) in [5.74, 6) is -1.02. The van der Waals surface area contributed by atoms with Gasteiger partial charge < -0.3 is 0 Å². The van der Waals surface area contributed by atoms with Gasteiger partial charge in [0.25, 0.3) is 0 Å². The Bertz CT molecular complexity index is 411. The summed E-state index contributed by atoms with van der Waals surface area (Å²) in [6, 6.07) is 4.08. The Labute approximate surface area is 107 Å². The highest BCUT2D eigenvalue weighted by Crippen LogP contribution is 2.32. The first-order valence-electron chi connectivity index (χ1n) is 4.69. The number of carbonyl (C=O) groups is 1. The molecule has 0 amide bonds. The van der Waals surface area contributed by atoms with Gasteiger partial charge in [0.05, 0.1) is 10.0 Å². The second kappa shape index (κ2) is 5.74. The molecule has 1 aromatic carbocycles. The molecule has 0 atom stereocenters. The monoisotopic (exact) mass is 284 g/mol. The molecule has 0 radical (unpaired) electrons. The number of Topliss-reactive ketones (excluding diaryl/α,β-unsaturated/α-hetero) is 1. The third kappa shape index (κ3) is 2.58. The van der Waals surface area contributed by atoms with Crippen LogP contribution in [0.2, 0.25) is 10.0 Å². The van der Waals surface area contributed by atoms with Crippen molar-refractivity contribution in [2.24, 2.45) is 5.41 Å². The number of carbonyl (C=O) groups excluding carboxylic acids is 1. The van der Waals surface area contributed by atoms with Crippen LogP contribution in [0.5, 0.6) is 0 Å². The van der Waals surface area contributed by atoms with Gasteiger partial charge in [-0.05, 0) is 12.1 Å². The summed E-state index contributed by atoms with van der Waals surface area (Å²) < 4.78 is 38.1. The molecule has 0 fully saturated rings. The number of hydrogen-bond acceptors (Lipinski definition) is 1. The van der Waals surface area contributed by atoms with Gasteiger partial charge in [-0.15, -0.1) is 0 Å². The van der Waals surface area contributed by atoms with E-state index < -0.39 is 31.2 Å². The van der Waals surface area contributed by atoms with Crippen LogP contribution >= 0.6 is 23.2 Å². The summed E-state index contributed by atoms with van der Waals surface area (Å²) in [5, 5.41) is -0.0538. The van der Waals surface area contributed by atoms with Gasteiger partial charge in [0.15, 0.2) is 5.78 Å². The van der Waals surface area contributed by atoms with E-state index in [2.05, 4.69) is 0 Å². The number of hydrogen-bond donors (Lipinski definition) is 0. The number of ketones is 1. The molecular weight excluding hydrogens is 276 g/mol. The smallest absolute Gasteiger partial charge is 0.178 e. The van der Waals surface area contributed by atoms with Crippen LogP contribution in [0.1, 0.15) is 10.4 Å². The number of rotatable bonds is 5. The first-order chi connectivity index (χ1) is 8.02. The van der Waals surface area contributed by atoms with Crippen molar-refractivity contribution in [3.05, 3.63) is 33.8 Å². The molecule has 0 unspecified atom stereocenters. The molecule has 17 heavy (non-hydrogen) atoms. The van der Waals surface area contributed by atoms with Crippen LogP contribution in [0.25, 0.3) is 0 Å². The fraction of sp³-hybridized carbons (Fsp3) is 0.364. The van der Waals surface area contributed by atoms with Crippen LogP contribution in [-0.4, -0.2) is 25.8 Å². The molecule has 0 saturated heterocycles. The van der Waals surface area contributed by atoms with Gasteiger partial charge in [-0.1, -0.05) is 29.3 Å². The fourth-order valence-electron chi connectivity index (χ4n) is 1.25. The SMILES string of the molecule is O=C(c1cccc(Cl)c1Cl)C(CF)(CF)CF. The summed E-state index contributed by atoms with van der Waals surface area (Å²) in [5.41, 5.74) is -2.49. The molecule has 0 bridgehead atoms. The fourth-order valence-corrected chi connectivity index (χ4v) is 1.64. The number of halogens is 5. The minimum absolute atomic E-state index is 0.0722. The summed E-state index contributed by atoms with van der Waals surface area (Å²) >= 11 is 11.4. The molecule has 0 saturated carbocycles. The molecule has 0 aliphatic carbocycles. The van der Waals surface area contributed by atoms with Crippen molar-refractivity contribution in [1.82, 2.24) is 0 Å². The van der Waals surface area contributed by atoms with Crippen molar-refractivity contribution in [3.8, 4) is 0 Å². The molecule has 1 aromatic rings. The topological polar surface area (TPSA) is 17.1 Å². The van der Waals surface area contributed by atoms with Gasteiger partial charge in [-0.25, -0.2) is 13.2 Å². The molecule has 0 N–H and O–H groups in total. The van der Waals surface area contributed by atoms with Crippen LogP contribution in [0, 0.1) is 5.41 Å². The first-order valence-corrected chi connectivity index (χ1v) is 5.44. The van der Waals surface area contributed by atoms with Crippen LogP contribution in [0.3, 0.4) is 0 Å². The lowest BCUT2D eigenvalue weighted by Gasteiger charge is -2.23. The first kappa shape index (κ1) is 14.3. The molecule has 0 aliphatic heterocycles. The highest BCUT2D eigenvalue weighted by atomic mass is 35.5. The largest absolute Gasteiger partial charge is 0.293 e. The maximum atomic E-state index is 12.7. The predicted octanol–water partition coefficient (Wildman–Crippen LogP) is 4.07. The molecule has 1 rings (SSSR count). The lowest BCUT2D eigenvalue weighted by molar-refractivity contribution is 0.0599. The van der Waals surface area contributed by atoms with Crippen molar-refractivity contribution in [2.45, 2.75) is 0 Å². The maximum absolute atomic E-state index is 12.7. The van der Waals surface area contributed by atoms with Crippen LogP contribution < -0.4 is 0 Å². The second-order valence-electron chi connectivity index (χ2n) is 3.61. The van der Waals surface area contributed by atoms with E-state index in [-0.39, 0.29) is 15.6 Å². The Balaban J connectivity index is 3.24. The van der Waals surface area contributed by atoms with E-state index in [1.807, 2.05) is 0 Å². The molecule has 6 heteroatoms. The zero-order valence-electron chi connectivity index (χ0n) is 8.65. The number of alkyl halides is 3. The van der Waals surface area contributed by atoms with Crippen molar-refractivity contribution in [3.63, 3.8) is 0 Å². The maximum Gasteiger partial charge on any atom is 0.178 e. The Hall–Kier alpha value is -0.740. The van der Waals surface area contributed by atoms with E-state index in [1.165, 1.54) is 18.2 Å². The molecular formula is C11H9Cl2F3O. The third-order valence-electron chi connectivity index (χ3n) is 2.45. The average Bonchev–Trinajstić information content (AvgIpc) is 2.35. The molecule has 0 heterocycles. The molecule has 1 nitrogen and oxygen atoms in total. The lowest BCUT2D eigenvalue weighted by atomic mass is 9.84. The average molecular weight is 285 g/mol. The minimum Gasteiger partial charge on any atom is -0.293 e. The van der Waals surface area contributed by atoms with Crippen molar-refractivity contribution in [2.75, 3.05) is 20.0 Å². The van der Waals surface area contributed by atoms with Gasteiger partial charge in [-0.3, -0.25) is 4.79 Å². The van der Waals surface area contributed by atoms with E-state index >= 15 is 0 Å². The van der Waals surface area contributed by atoms with E-state index in [0.29, 0.717) is 0 Å². The standard InChI is InChI=1S/C11H9Cl2F3O/c12-8-3-1-2-7(9(8)13)10(17)11(4-14,5-15)6-16/h1-3H,4-6H2. The van der Waals surface area contributed by atoms with E-state index in [0.717, 1.165) is 0 Å². The van der Waals surface area contributed by atoms with Crippen LogP contribution in [-0.2, 0) is 0 Å². The minimum atomic E-state index is -2.31. The summed E-state index contributed by atoms with van der Waals surface area (Å²) in [4.78, 5) is 11.9. The predicted molar refractivity (Wildman–Crippen MR) is 61.2 cm³/mol. The van der Waals surface area contributed by atoms with Gasteiger partial charge in [0, 0.05) is 5.56 Å². The summed E-state index contributed by atoms with van der Waals surface area (Å²) in [6.07, 6.45) is 0. The third-order valence-corrected chi connectivity index (χ3v) is 3.26. The Kier molecular flexibility index (Phi) is 4.83. The molecule has 0 aromatic heterocycles. The zero-order chi connectivity index (χ0) is 13.1. The normalized spacial score (nSPS) is 11.6. The van der Waals surface area contributed by atoms with Crippen molar-refractivity contribution in [1.29, 1.82) is 0 Å². The Morgan fingerprint density at radius 3 is 2.12 bits per heavy atom. The van der Waals surface area contributed by atoms with Gasteiger partial charge in [0.1, 0.15) is 25.4 Å². The summed E-state index contributed by atoms with van der Waals surface area (Å²) in [6.45, 7) is -4.29. The van der Waals surface area contributed by atoms with Gasteiger partial charge in [-0.2, -0.15) is 0 Å². The van der Waals surface area contributed by atoms with Crippen molar-refractivity contribution < 1.29 is 18.0 Å². The van der Waals surface area contributed by atoms with Crippen molar-refractivity contribution >= 4 is 29.0 Å². The Morgan fingerprint density at radius 1 is 1.12 bits per heavy atom. The Morgan fingerprint density at radius 2 is 1.65 bits per heavy atom. The molecule has 94 valence electrons. The van der Waals surface area contributed by atoms with Crippen LogP contribution in [0.4, 0.5) is 13.2 Å². The second-order valence-corrected chi connectivity index (χ2v) is 4.40. The number of benzene rings is 1. The highest BCUT2D eigenvalue weighted by Gasteiger charge is 2.41. The van der Waals surface area contributed by atoms with Gasteiger partial charge >= 0.3 is 0 Å². The molecule has 0 spiro atoms. The van der Waals surface area contributed by atoms with Crippen LogP contribution in [0.15, 0.2) is 18.2 Å². The highest BCUT2D eigenvalue weighted by molar-refractivity contribution is 6.44. The lowest BCUT2D eigenvalue weighted by Crippen LogP contribution is -2.38.